The molecule has 0 radical (unpaired) electrons. The SMILES string of the molecule is C[C@@H](N)C(=O)N1CCN(C(=O)c2ccccn2)CC1. The summed E-state index contributed by atoms with van der Waals surface area (Å²) >= 11 is 0. The van der Waals surface area contributed by atoms with Gasteiger partial charge in [-0.1, -0.05) is 6.07 Å². The number of carbonyl (C=O) groups excluding carboxylic acids is 2. The Labute approximate surface area is 112 Å². The van der Waals surface area contributed by atoms with Crippen LogP contribution in [0.15, 0.2) is 24.4 Å². The van der Waals surface area contributed by atoms with Crippen LogP contribution in [-0.2, 0) is 4.79 Å². The minimum atomic E-state index is -0.488. The zero-order chi connectivity index (χ0) is 13.8. The molecule has 0 unspecified atom stereocenters. The number of nitrogens with two attached hydrogens (primary N) is 1. The summed E-state index contributed by atoms with van der Waals surface area (Å²) < 4.78 is 0. The summed E-state index contributed by atoms with van der Waals surface area (Å²) in [7, 11) is 0. The quantitative estimate of drug-likeness (QED) is 0.794. The van der Waals surface area contributed by atoms with Crippen LogP contribution >= 0.6 is 0 Å². The molecule has 1 aromatic heterocycles. The van der Waals surface area contributed by atoms with Gasteiger partial charge in [0.05, 0.1) is 6.04 Å². The number of hydrogen-bond donors (Lipinski definition) is 1. The summed E-state index contributed by atoms with van der Waals surface area (Å²) in [5.41, 5.74) is 6.01. The normalized spacial score (nSPS) is 17.2. The molecule has 1 saturated heterocycles. The van der Waals surface area contributed by atoms with Crippen molar-refractivity contribution in [3.63, 3.8) is 0 Å². The molecule has 1 aliphatic rings. The van der Waals surface area contributed by atoms with Gasteiger partial charge in [-0.05, 0) is 19.1 Å². The molecule has 6 heteroatoms. The molecule has 2 N–H and O–H groups in total. The average molecular weight is 262 g/mol. The fourth-order valence-electron chi connectivity index (χ4n) is 2.07. The van der Waals surface area contributed by atoms with Crippen LogP contribution in [0.25, 0.3) is 0 Å². The molecular formula is C13H18N4O2. The Bertz CT molecular complexity index is 453. The van der Waals surface area contributed by atoms with Crippen LogP contribution in [0.5, 0.6) is 0 Å². The summed E-state index contributed by atoms with van der Waals surface area (Å²) in [5, 5.41) is 0. The third-order valence-electron chi connectivity index (χ3n) is 3.15. The molecule has 0 aromatic carbocycles. The van der Waals surface area contributed by atoms with Gasteiger partial charge < -0.3 is 15.5 Å². The predicted octanol–water partition coefficient (Wildman–Crippen LogP) is -0.287. The van der Waals surface area contributed by atoms with Crippen molar-refractivity contribution in [3.8, 4) is 0 Å². The molecule has 1 aliphatic heterocycles. The van der Waals surface area contributed by atoms with Gasteiger partial charge in [0.15, 0.2) is 0 Å². The predicted molar refractivity (Wildman–Crippen MR) is 70.4 cm³/mol. The first-order valence-electron chi connectivity index (χ1n) is 6.34. The van der Waals surface area contributed by atoms with Crippen molar-refractivity contribution in [2.75, 3.05) is 26.2 Å². The van der Waals surface area contributed by atoms with E-state index in [-0.39, 0.29) is 11.8 Å². The highest BCUT2D eigenvalue weighted by Gasteiger charge is 2.26. The molecular weight excluding hydrogens is 244 g/mol. The smallest absolute Gasteiger partial charge is 0.272 e. The largest absolute Gasteiger partial charge is 0.338 e. The second-order valence-electron chi connectivity index (χ2n) is 4.62. The van der Waals surface area contributed by atoms with Gasteiger partial charge in [-0.3, -0.25) is 14.6 Å². The van der Waals surface area contributed by atoms with E-state index in [2.05, 4.69) is 4.98 Å². The van der Waals surface area contributed by atoms with Gasteiger partial charge in [0.25, 0.3) is 5.91 Å². The van der Waals surface area contributed by atoms with Crippen molar-refractivity contribution in [2.45, 2.75) is 13.0 Å². The van der Waals surface area contributed by atoms with Crippen molar-refractivity contribution in [1.82, 2.24) is 14.8 Å². The number of aromatic nitrogens is 1. The van der Waals surface area contributed by atoms with Crippen LogP contribution in [0.4, 0.5) is 0 Å². The summed E-state index contributed by atoms with van der Waals surface area (Å²) in [4.78, 5) is 31.3. The molecule has 0 saturated carbocycles. The molecule has 102 valence electrons. The van der Waals surface area contributed by atoms with E-state index in [1.54, 1.807) is 41.1 Å². The number of nitrogens with zero attached hydrogens (tertiary/aromatic N) is 3. The molecule has 0 aliphatic carbocycles. The first kappa shape index (κ1) is 13.5. The highest BCUT2D eigenvalue weighted by Crippen LogP contribution is 2.07. The molecule has 0 spiro atoms. The Hall–Kier alpha value is -1.95. The number of pyridine rings is 1. The van der Waals surface area contributed by atoms with Gasteiger partial charge in [-0.15, -0.1) is 0 Å². The fourth-order valence-corrected chi connectivity index (χ4v) is 2.07. The molecule has 19 heavy (non-hydrogen) atoms. The van der Waals surface area contributed by atoms with Crippen LogP contribution in [0.3, 0.4) is 0 Å². The minimum Gasteiger partial charge on any atom is -0.338 e. The average Bonchev–Trinajstić information content (AvgIpc) is 2.46. The van der Waals surface area contributed by atoms with Crippen LogP contribution < -0.4 is 5.73 Å². The lowest BCUT2D eigenvalue weighted by atomic mass is 10.2. The lowest BCUT2D eigenvalue weighted by Crippen LogP contribution is -2.53. The van der Waals surface area contributed by atoms with Crippen molar-refractivity contribution < 1.29 is 9.59 Å². The number of rotatable bonds is 2. The van der Waals surface area contributed by atoms with E-state index in [1.807, 2.05) is 0 Å². The first-order chi connectivity index (χ1) is 9.09. The molecule has 6 nitrogen and oxygen atoms in total. The second-order valence-corrected chi connectivity index (χ2v) is 4.62. The molecule has 0 bridgehead atoms. The van der Waals surface area contributed by atoms with Crippen LogP contribution in [0, 0.1) is 0 Å². The van der Waals surface area contributed by atoms with Gasteiger partial charge >= 0.3 is 0 Å². The van der Waals surface area contributed by atoms with E-state index in [1.165, 1.54) is 0 Å². The molecule has 2 heterocycles. The summed E-state index contributed by atoms with van der Waals surface area (Å²) in [5.74, 6) is -0.154. The van der Waals surface area contributed by atoms with Crippen molar-refractivity contribution in [3.05, 3.63) is 30.1 Å². The van der Waals surface area contributed by atoms with E-state index in [9.17, 15) is 9.59 Å². The number of amides is 2. The van der Waals surface area contributed by atoms with Crippen LogP contribution in [0.1, 0.15) is 17.4 Å². The van der Waals surface area contributed by atoms with Gasteiger partial charge in [0, 0.05) is 32.4 Å². The van der Waals surface area contributed by atoms with Crippen LogP contribution in [0.2, 0.25) is 0 Å². The highest BCUT2D eigenvalue weighted by atomic mass is 16.2. The van der Waals surface area contributed by atoms with E-state index in [0.29, 0.717) is 31.9 Å². The lowest BCUT2D eigenvalue weighted by Gasteiger charge is -2.35. The Morgan fingerprint density at radius 1 is 1.21 bits per heavy atom. The monoisotopic (exact) mass is 262 g/mol. The maximum Gasteiger partial charge on any atom is 0.272 e. The molecule has 1 aromatic rings. The Morgan fingerprint density at radius 2 is 1.84 bits per heavy atom. The van der Waals surface area contributed by atoms with Gasteiger partial charge in [0.1, 0.15) is 5.69 Å². The Kier molecular flexibility index (Phi) is 4.11. The standard InChI is InChI=1S/C13H18N4O2/c1-10(14)12(18)16-6-8-17(9-7-16)13(19)11-4-2-3-5-15-11/h2-5,10H,6-9,14H2,1H3/t10-/m1/s1. The van der Waals surface area contributed by atoms with Crippen molar-refractivity contribution >= 4 is 11.8 Å². The molecule has 1 atom stereocenters. The Balaban J connectivity index is 1.94. The third kappa shape index (κ3) is 3.08. The third-order valence-corrected chi connectivity index (χ3v) is 3.15. The van der Waals surface area contributed by atoms with E-state index < -0.39 is 6.04 Å². The highest BCUT2D eigenvalue weighted by molar-refractivity contribution is 5.92. The van der Waals surface area contributed by atoms with E-state index >= 15 is 0 Å². The zero-order valence-corrected chi connectivity index (χ0v) is 11.0. The lowest BCUT2D eigenvalue weighted by molar-refractivity contribution is -0.133. The van der Waals surface area contributed by atoms with Gasteiger partial charge in [-0.2, -0.15) is 0 Å². The minimum absolute atomic E-state index is 0.0649. The Morgan fingerprint density at radius 3 is 2.37 bits per heavy atom. The number of carbonyl (C=O) groups is 2. The summed E-state index contributed by atoms with van der Waals surface area (Å²) in [6.45, 7) is 3.77. The topological polar surface area (TPSA) is 79.5 Å². The number of piperazine rings is 1. The molecule has 2 amide bonds. The van der Waals surface area contributed by atoms with Gasteiger partial charge in [0.2, 0.25) is 5.91 Å². The number of hydrogen-bond acceptors (Lipinski definition) is 4. The summed E-state index contributed by atoms with van der Waals surface area (Å²) in [6.07, 6.45) is 1.60. The van der Waals surface area contributed by atoms with Crippen molar-refractivity contribution in [2.24, 2.45) is 5.73 Å². The molecule has 2 rings (SSSR count). The van der Waals surface area contributed by atoms with Crippen LogP contribution in [-0.4, -0.2) is 58.8 Å². The second kappa shape index (κ2) is 5.79. The van der Waals surface area contributed by atoms with Gasteiger partial charge in [-0.25, -0.2) is 0 Å². The fraction of sp³-hybridized carbons (Fsp3) is 0.462. The maximum atomic E-state index is 12.1. The zero-order valence-electron chi connectivity index (χ0n) is 11.0. The van der Waals surface area contributed by atoms with Crippen molar-refractivity contribution in [1.29, 1.82) is 0 Å². The molecule has 1 fully saturated rings. The maximum absolute atomic E-state index is 12.1. The first-order valence-corrected chi connectivity index (χ1v) is 6.34. The van der Waals surface area contributed by atoms with E-state index in [4.69, 9.17) is 5.73 Å². The summed E-state index contributed by atoms with van der Waals surface area (Å²) in [6, 6.07) is 4.77. The van der Waals surface area contributed by atoms with E-state index in [0.717, 1.165) is 0 Å².